The van der Waals surface area contributed by atoms with Crippen molar-refractivity contribution in [3.05, 3.63) is 64.4 Å². The van der Waals surface area contributed by atoms with Crippen LogP contribution >= 0.6 is 11.6 Å². The minimum Gasteiger partial charge on any atom is -0.384 e. The SMILES string of the molecule is O=C(Cc1ccc(Cl)cc1F)CC1CNc2ccccc21. The highest BCUT2D eigenvalue weighted by molar-refractivity contribution is 6.30. The highest BCUT2D eigenvalue weighted by Gasteiger charge is 2.24. The lowest BCUT2D eigenvalue weighted by Crippen LogP contribution is -2.12. The maximum atomic E-state index is 13.7. The molecule has 1 atom stereocenters. The molecule has 0 radical (unpaired) electrons. The van der Waals surface area contributed by atoms with Crippen LogP contribution in [0.5, 0.6) is 0 Å². The van der Waals surface area contributed by atoms with Crippen molar-refractivity contribution in [2.45, 2.75) is 18.8 Å². The van der Waals surface area contributed by atoms with Gasteiger partial charge in [-0.15, -0.1) is 0 Å². The third-order valence-corrected chi connectivity index (χ3v) is 4.05. The summed E-state index contributed by atoms with van der Waals surface area (Å²) >= 11 is 5.71. The Morgan fingerprint density at radius 1 is 1.29 bits per heavy atom. The number of para-hydroxylation sites is 1. The molecule has 0 aromatic heterocycles. The summed E-state index contributed by atoms with van der Waals surface area (Å²) < 4.78 is 13.7. The van der Waals surface area contributed by atoms with Crippen LogP contribution in [0.2, 0.25) is 5.02 Å². The van der Waals surface area contributed by atoms with Crippen molar-refractivity contribution in [2.75, 3.05) is 11.9 Å². The number of ketones is 1. The van der Waals surface area contributed by atoms with E-state index in [-0.39, 0.29) is 18.1 Å². The molecule has 0 aliphatic carbocycles. The van der Waals surface area contributed by atoms with E-state index in [1.165, 1.54) is 11.6 Å². The second kappa shape index (κ2) is 5.86. The summed E-state index contributed by atoms with van der Waals surface area (Å²) in [6.45, 7) is 0.758. The topological polar surface area (TPSA) is 29.1 Å². The molecule has 1 aliphatic heterocycles. The first kappa shape index (κ1) is 14.1. The van der Waals surface area contributed by atoms with Gasteiger partial charge in [-0.05, 0) is 29.3 Å². The quantitative estimate of drug-likeness (QED) is 0.917. The van der Waals surface area contributed by atoms with Gasteiger partial charge < -0.3 is 5.32 Å². The van der Waals surface area contributed by atoms with Crippen LogP contribution in [-0.4, -0.2) is 12.3 Å². The second-order valence-electron chi connectivity index (χ2n) is 5.32. The minimum absolute atomic E-state index is 0.0414. The maximum Gasteiger partial charge on any atom is 0.138 e. The molecule has 0 amide bonds. The fourth-order valence-electron chi connectivity index (χ4n) is 2.76. The summed E-state index contributed by atoms with van der Waals surface area (Å²) in [6.07, 6.45) is 0.535. The number of rotatable bonds is 4. The first-order chi connectivity index (χ1) is 10.1. The van der Waals surface area contributed by atoms with Crippen molar-refractivity contribution in [1.82, 2.24) is 0 Å². The van der Waals surface area contributed by atoms with Crippen molar-refractivity contribution in [2.24, 2.45) is 0 Å². The van der Waals surface area contributed by atoms with Crippen LogP contribution in [0.25, 0.3) is 0 Å². The molecule has 2 aromatic rings. The number of carbonyl (C=O) groups is 1. The fourth-order valence-corrected chi connectivity index (χ4v) is 2.92. The predicted octanol–water partition coefficient (Wildman–Crippen LogP) is 4.19. The molecule has 0 spiro atoms. The number of carbonyl (C=O) groups excluding carboxylic acids is 1. The van der Waals surface area contributed by atoms with Crippen LogP contribution in [0, 0.1) is 5.82 Å². The number of halogens is 2. The van der Waals surface area contributed by atoms with Gasteiger partial charge in [-0.3, -0.25) is 4.79 Å². The number of nitrogens with one attached hydrogen (secondary N) is 1. The second-order valence-corrected chi connectivity index (χ2v) is 5.76. The van der Waals surface area contributed by atoms with Gasteiger partial charge in [0.15, 0.2) is 0 Å². The van der Waals surface area contributed by atoms with E-state index in [1.807, 2.05) is 24.3 Å². The van der Waals surface area contributed by atoms with Crippen LogP contribution < -0.4 is 5.32 Å². The third kappa shape index (κ3) is 3.08. The fraction of sp³-hybridized carbons (Fsp3) is 0.235. The number of anilines is 1. The molecule has 0 saturated heterocycles. The molecule has 0 bridgehead atoms. The lowest BCUT2D eigenvalue weighted by molar-refractivity contribution is -0.118. The molecule has 1 aliphatic rings. The zero-order chi connectivity index (χ0) is 14.8. The molecular weight excluding hydrogens is 289 g/mol. The Hall–Kier alpha value is -1.87. The normalized spacial score (nSPS) is 16.4. The molecule has 1 unspecified atom stereocenters. The molecule has 0 fully saturated rings. The molecular formula is C17H15ClFNO. The smallest absolute Gasteiger partial charge is 0.138 e. The van der Waals surface area contributed by atoms with Gasteiger partial charge in [0.1, 0.15) is 11.6 Å². The van der Waals surface area contributed by atoms with Crippen molar-refractivity contribution >= 4 is 23.1 Å². The molecule has 1 N–H and O–H groups in total. The van der Waals surface area contributed by atoms with Gasteiger partial charge in [-0.2, -0.15) is 0 Å². The van der Waals surface area contributed by atoms with Crippen LogP contribution in [0.4, 0.5) is 10.1 Å². The Labute approximate surface area is 127 Å². The average molecular weight is 304 g/mol. The molecule has 108 valence electrons. The summed E-state index contributed by atoms with van der Waals surface area (Å²) in [5.74, 6) is -0.204. The Morgan fingerprint density at radius 3 is 2.90 bits per heavy atom. The van der Waals surface area contributed by atoms with E-state index in [1.54, 1.807) is 12.1 Å². The number of hydrogen-bond donors (Lipinski definition) is 1. The van der Waals surface area contributed by atoms with Crippen LogP contribution in [0.15, 0.2) is 42.5 Å². The summed E-state index contributed by atoms with van der Waals surface area (Å²) in [6, 6.07) is 12.4. The summed E-state index contributed by atoms with van der Waals surface area (Å²) in [5, 5.41) is 3.64. The minimum atomic E-state index is -0.416. The molecule has 3 rings (SSSR count). The van der Waals surface area contributed by atoms with E-state index in [4.69, 9.17) is 11.6 Å². The van der Waals surface area contributed by atoms with E-state index in [0.29, 0.717) is 17.0 Å². The van der Waals surface area contributed by atoms with E-state index >= 15 is 0 Å². The summed E-state index contributed by atoms with van der Waals surface area (Å²) in [5.41, 5.74) is 2.67. The highest BCUT2D eigenvalue weighted by atomic mass is 35.5. The molecule has 4 heteroatoms. The van der Waals surface area contributed by atoms with Crippen molar-refractivity contribution in [3.63, 3.8) is 0 Å². The van der Waals surface area contributed by atoms with Crippen molar-refractivity contribution in [1.29, 1.82) is 0 Å². The first-order valence-electron chi connectivity index (χ1n) is 6.92. The molecule has 21 heavy (non-hydrogen) atoms. The maximum absolute atomic E-state index is 13.7. The standard InChI is InChI=1S/C17H15ClFNO/c18-13-6-5-11(16(19)9-13)7-14(21)8-12-10-20-17-4-2-1-3-15(12)17/h1-6,9,12,20H,7-8,10H2. The Morgan fingerprint density at radius 2 is 2.10 bits per heavy atom. The lowest BCUT2D eigenvalue weighted by Gasteiger charge is -2.09. The summed E-state index contributed by atoms with van der Waals surface area (Å²) in [4.78, 5) is 12.2. The molecule has 1 heterocycles. The number of Topliss-reactive ketones (excluding diaryl/α,β-unsaturated/α-hetero) is 1. The van der Waals surface area contributed by atoms with Gasteiger partial charge in [-0.1, -0.05) is 35.9 Å². The van der Waals surface area contributed by atoms with E-state index in [2.05, 4.69) is 5.32 Å². The van der Waals surface area contributed by atoms with Gasteiger partial charge in [0.05, 0.1) is 0 Å². The molecule has 2 nitrogen and oxygen atoms in total. The average Bonchev–Trinajstić information content (AvgIpc) is 2.85. The van der Waals surface area contributed by atoms with Gasteiger partial charge in [-0.25, -0.2) is 4.39 Å². The third-order valence-electron chi connectivity index (χ3n) is 3.82. The molecule has 0 saturated carbocycles. The number of benzene rings is 2. The van der Waals surface area contributed by atoms with Crippen LogP contribution in [0.3, 0.4) is 0 Å². The van der Waals surface area contributed by atoms with Crippen LogP contribution in [0.1, 0.15) is 23.5 Å². The van der Waals surface area contributed by atoms with Gasteiger partial charge in [0.25, 0.3) is 0 Å². The van der Waals surface area contributed by atoms with Crippen LogP contribution in [-0.2, 0) is 11.2 Å². The predicted molar refractivity (Wildman–Crippen MR) is 82.4 cm³/mol. The Kier molecular flexibility index (Phi) is 3.93. The van der Waals surface area contributed by atoms with Gasteiger partial charge >= 0.3 is 0 Å². The van der Waals surface area contributed by atoms with Crippen molar-refractivity contribution in [3.8, 4) is 0 Å². The van der Waals surface area contributed by atoms with E-state index in [9.17, 15) is 9.18 Å². The van der Waals surface area contributed by atoms with Gasteiger partial charge in [0, 0.05) is 36.0 Å². The zero-order valence-electron chi connectivity index (χ0n) is 11.4. The Balaban J connectivity index is 1.68. The Bertz CT molecular complexity index is 686. The first-order valence-corrected chi connectivity index (χ1v) is 7.29. The number of hydrogen-bond acceptors (Lipinski definition) is 2. The zero-order valence-corrected chi connectivity index (χ0v) is 12.2. The lowest BCUT2D eigenvalue weighted by atomic mass is 9.93. The largest absolute Gasteiger partial charge is 0.384 e. The monoisotopic (exact) mass is 303 g/mol. The molecule has 2 aromatic carbocycles. The number of fused-ring (bicyclic) bond motifs is 1. The summed E-state index contributed by atoms with van der Waals surface area (Å²) in [7, 11) is 0. The van der Waals surface area contributed by atoms with Gasteiger partial charge in [0.2, 0.25) is 0 Å². The highest BCUT2D eigenvalue weighted by Crippen LogP contribution is 2.33. The van der Waals surface area contributed by atoms with E-state index in [0.717, 1.165) is 12.2 Å². The van der Waals surface area contributed by atoms with Crippen molar-refractivity contribution < 1.29 is 9.18 Å². The van der Waals surface area contributed by atoms with E-state index < -0.39 is 5.82 Å².